The third kappa shape index (κ3) is 1.54. The summed E-state index contributed by atoms with van der Waals surface area (Å²) in [7, 11) is 0. The lowest BCUT2D eigenvalue weighted by molar-refractivity contribution is 1.17. The lowest BCUT2D eigenvalue weighted by Crippen LogP contribution is -1.82. The Kier molecular flexibility index (Phi) is 2.39. The second kappa shape index (κ2) is 3.31. The monoisotopic (exact) mass is 155 g/mol. The summed E-state index contributed by atoms with van der Waals surface area (Å²) in [5.74, 6) is 4.95. The SMILES string of the molecule is CCc1cnc(/C=N/N)s1. The van der Waals surface area contributed by atoms with Crippen LogP contribution >= 0.6 is 11.3 Å². The Bertz CT molecular complexity index is 229. The van der Waals surface area contributed by atoms with Gasteiger partial charge in [-0.15, -0.1) is 11.3 Å². The van der Waals surface area contributed by atoms with Gasteiger partial charge in [0.2, 0.25) is 0 Å². The van der Waals surface area contributed by atoms with E-state index in [1.807, 2.05) is 6.20 Å². The largest absolute Gasteiger partial charge is 0.323 e. The molecular formula is C6H9N3S. The first-order valence-corrected chi connectivity index (χ1v) is 3.86. The Morgan fingerprint density at radius 1 is 1.90 bits per heavy atom. The van der Waals surface area contributed by atoms with E-state index in [1.165, 1.54) is 4.88 Å². The van der Waals surface area contributed by atoms with Gasteiger partial charge in [0.05, 0.1) is 6.21 Å². The Labute approximate surface area is 63.6 Å². The summed E-state index contributed by atoms with van der Waals surface area (Å²) in [4.78, 5) is 5.33. The molecule has 0 aliphatic rings. The molecule has 3 nitrogen and oxygen atoms in total. The third-order valence-electron chi connectivity index (χ3n) is 1.10. The van der Waals surface area contributed by atoms with E-state index < -0.39 is 0 Å². The Hall–Kier alpha value is -0.900. The zero-order valence-electron chi connectivity index (χ0n) is 5.74. The molecule has 1 heterocycles. The van der Waals surface area contributed by atoms with E-state index in [2.05, 4.69) is 17.0 Å². The van der Waals surface area contributed by atoms with Gasteiger partial charge >= 0.3 is 0 Å². The quantitative estimate of drug-likeness (QED) is 0.393. The molecule has 0 aliphatic heterocycles. The summed E-state index contributed by atoms with van der Waals surface area (Å²) in [6, 6.07) is 0. The van der Waals surface area contributed by atoms with E-state index >= 15 is 0 Å². The lowest BCUT2D eigenvalue weighted by Gasteiger charge is -1.79. The molecule has 0 unspecified atom stereocenters. The van der Waals surface area contributed by atoms with Crippen LogP contribution in [0.2, 0.25) is 0 Å². The van der Waals surface area contributed by atoms with Crippen molar-refractivity contribution >= 4 is 17.6 Å². The fourth-order valence-electron chi connectivity index (χ4n) is 0.610. The number of thiazole rings is 1. The highest BCUT2D eigenvalue weighted by atomic mass is 32.1. The number of nitrogens with zero attached hydrogens (tertiary/aromatic N) is 2. The molecule has 0 saturated heterocycles. The van der Waals surface area contributed by atoms with Crippen LogP contribution in [0.15, 0.2) is 11.3 Å². The molecule has 0 spiro atoms. The lowest BCUT2D eigenvalue weighted by atomic mass is 10.4. The number of aromatic nitrogens is 1. The Morgan fingerprint density at radius 2 is 2.70 bits per heavy atom. The predicted molar refractivity (Wildman–Crippen MR) is 43.3 cm³/mol. The topological polar surface area (TPSA) is 51.3 Å². The van der Waals surface area contributed by atoms with E-state index in [4.69, 9.17) is 5.84 Å². The summed E-state index contributed by atoms with van der Waals surface area (Å²) >= 11 is 1.62. The van der Waals surface area contributed by atoms with Crippen molar-refractivity contribution in [2.75, 3.05) is 0 Å². The van der Waals surface area contributed by atoms with Crippen molar-refractivity contribution in [1.29, 1.82) is 0 Å². The highest BCUT2D eigenvalue weighted by molar-refractivity contribution is 7.13. The van der Waals surface area contributed by atoms with Crippen LogP contribution < -0.4 is 5.84 Å². The summed E-state index contributed by atoms with van der Waals surface area (Å²) in [5, 5.41) is 4.25. The average Bonchev–Trinajstić information content (AvgIpc) is 2.37. The molecule has 4 heteroatoms. The van der Waals surface area contributed by atoms with Crippen LogP contribution in [0.3, 0.4) is 0 Å². The highest BCUT2D eigenvalue weighted by Crippen LogP contribution is 2.10. The number of rotatable bonds is 2. The molecule has 1 aromatic rings. The van der Waals surface area contributed by atoms with Gasteiger partial charge in [-0.05, 0) is 6.42 Å². The van der Waals surface area contributed by atoms with Crippen molar-refractivity contribution in [2.24, 2.45) is 10.9 Å². The minimum Gasteiger partial charge on any atom is -0.323 e. The van der Waals surface area contributed by atoms with E-state index in [1.54, 1.807) is 17.6 Å². The smallest absolute Gasteiger partial charge is 0.136 e. The van der Waals surface area contributed by atoms with Crippen LogP contribution in [0.4, 0.5) is 0 Å². The molecule has 0 saturated carbocycles. The number of hydrogen-bond donors (Lipinski definition) is 1. The van der Waals surface area contributed by atoms with Crippen molar-refractivity contribution < 1.29 is 0 Å². The summed E-state index contributed by atoms with van der Waals surface area (Å²) in [6.45, 7) is 2.09. The molecule has 2 N–H and O–H groups in total. The van der Waals surface area contributed by atoms with Crippen LogP contribution in [0.1, 0.15) is 16.8 Å². The second-order valence-electron chi connectivity index (χ2n) is 1.80. The fraction of sp³-hybridized carbons (Fsp3) is 0.333. The van der Waals surface area contributed by atoms with Gasteiger partial charge in [-0.25, -0.2) is 4.98 Å². The van der Waals surface area contributed by atoms with Crippen molar-refractivity contribution in [1.82, 2.24) is 4.98 Å². The second-order valence-corrected chi connectivity index (χ2v) is 2.94. The average molecular weight is 155 g/mol. The van der Waals surface area contributed by atoms with Gasteiger partial charge in [-0.2, -0.15) is 5.10 Å². The molecule has 0 fully saturated rings. The zero-order valence-corrected chi connectivity index (χ0v) is 6.56. The van der Waals surface area contributed by atoms with Crippen LogP contribution in [-0.2, 0) is 6.42 Å². The van der Waals surface area contributed by atoms with Crippen molar-refractivity contribution in [3.8, 4) is 0 Å². The van der Waals surface area contributed by atoms with Gasteiger partial charge in [0, 0.05) is 11.1 Å². The number of aryl methyl sites for hydroxylation is 1. The van der Waals surface area contributed by atoms with E-state index in [9.17, 15) is 0 Å². The molecular weight excluding hydrogens is 146 g/mol. The van der Waals surface area contributed by atoms with Crippen molar-refractivity contribution in [3.63, 3.8) is 0 Å². The van der Waals surface area contributed by atoms with E-state index in [0.29, 0.717) is 0 Å². The van der Waals surface area contributed by atoms with Crippen molar-refractivity contribution in [2.45, 2.75) is 13.3 Å². The molecule has 10 heavy (non-hydrogen) atoms. The molecule has 0 aliphatic carbocycles. The van der Waals surface area contributed by atoms with Gasteiger partial charge in [-0.1, -0.05) is 6.92 Å². The Balaban J connectivity index is 2.78. The minimum atomic E-state index is 0.874. The van der Waals surface area contributed by atoms with Crippen LogP contribution in [0.5, 0.6) is 0 Å². The maximum atomic E-state index is 4.95. The molecule has 0 radical (unpaired) electrons. The number of nitrogens with two attached hydrogens (primary N) is 1. The molecule has 54 valence electrons. The van der Waals surface area contributed by atoms with Crippen molar-refractivity contribution in [3.05, 3.63) is 16.1 Å². The number of hydrazone groups is 1. The first-order valence-electron chi connectivity index (χ1n) is 3.04. The van der Waals surface area contributed by atoms with Crippen LogP contribution in [0, 0.1) is 0 Å². The molecule has 1 aromatic heterocycles. The summed E-state index contributed by atoms with van der Waals surface area (Å²) in [5.41, 5.74) is 0. The van der Waals surface area contributed by atoms with E-state index in [-0.39, 0.29) is 0 Å². The maximum Gasteiger partial charge on any atom is 0.136 e. The van der Waals surface area contributed by atoms with E-state index in [0.717, 1.165) is 11.4 Å². The molecule has 0 aromatic carbocycles. The van der Waals surface area contributed by atoms with Gasteiger partial charge in [-0.3, -0.25) is 0 Å². The highest BCUT2D eigenvalue weighted by Gasteiger charge is 1.94. The first kappa shape index (κ1) is 7.21. The molecule has 0 atom stereocenters. The molecule has 1 rings (SSSR count). The standard InChI is InChI=1S/C6H9N3S/c1-2-5-3-8-6(10-5)4-9-7/h3-4H,2,7H2,1H3/b9-4+. The van der Waals surface area contributed by atoms with Gasteiger partial charge < -0.3 is 5.84 Å². The normalized spacial score (nSPS) is 10.9. The first-order chi connectivity index (χ1) is 4.86. The maximum absolute atomic E-state index is 4.95. The number of hydrogen-bond acceptors (Lipinski definition) is 4. The molecule has 0 amide bonds. The summed E-state index contributed by atoms with van der Waals surface area (Å²) in [6.07, 6.45) is 4.43. The van der Waals surface area contributed by atoms with Crippen LogP contribution in [-0.4, -0.2) is 11.2 Å². The molecule has 0 bridgehead atoms. The zero-order chi connectivity index (χ0) is 7.40. The summed E-state index contributed by atoms with van der Waals surface area (Å²) < 4.78 is 0. The third-order valence-corrected chi connectivity index (χ3v) is 2.18. The van der Waals surface area contributed by atoms with Gasteiger partial charge in [0.15, 0.2) is 0 Å². The minimum absolute atomic E-state index is 0.874. The fourth-order valence-corrected chi connectivity index (χ4v) is 1.35. The van der Waals surface area contributed by atoms with Crippen LogP contribution in [0.25, 0.3) is 0 Å². The predicted octanol–water partition coefficient (Wildman–Crippen LogP) is 0.998. The Morgan fingerprint density at radius 3 is 3.20 bits per heavy atom. The van der Waals surface area contributed by atoms with Gasteiger partial charge in [0.25, 0.3) is 0 Å². The van der Waals surface area contributed by atoms with Gasteiger partial charge in [0.1, 0.15) is 5.01 Å².